The Hall–Kier alpha value is -3.38. The van der Waals surface area contributed by atoms with Crippen molar-refractivity contribution in [3.05, 3.63) is 77.9 Å². The van der Waals surface area contributed by atoms with Crippen LogP contribution in [-0.4, -0.2) is 67.6 Å². The molecule has 1 aliphatic heterocycles. The summed E-state index contributed by atoms with van der Waals surface area (Å²) in [5.41, 5.74) is 1.65. The van der Waals surface area contributed by atoms with Crippen LogP contribution in [-0.2, 0) is 14.9 Å². The highest BCUT2D eigenvalue weighted by atomic mass is 16.5. The Morgan fingerprint density at radius 3 is 2.55 bits per heavy atom. The van der Waals surface area contributed by atoms with Crippen LogP contribution < -0.4 is 4.74 Å². The molecular weight excluding hydrogens is 500 g/mol. The normalized spacial score (nSPS) is 24.9. The SMILES string of the molecule is COc1cccc([C@@]23CCN(C)C[C@H]2C(OC(C)=O)C[C@@H](N(CC(C)C)C(=O)c2ccc4ccccc4c2)C3)c1. The van der Waals surface area contributed by atoms with Crippen molar-refractivity contribution < 1.29 is 19.1 Å². The first kappa shape index (κ1) is 28.2. The molecule has 0 N–H and O–H groups in total. The molecule has 1 unspecified atom stereocenters. The van der Waals surface area contributed by atoms with E-state index in [9.17, 15) is 9.59 Å². The van der Waals surface area contributed by atoms with Crippen LogP contribution in [0.2, 0.25) is 0 Å². The van der Waals surface area contributed by atoms with Crippen LogP contribution in [0.4, 0.5) is 0 Å². The Morgan fingerprint density at radius 1 is 1.05 bits per heavy atom. The van der Waals surface area contributed by atoms with E-state index in [1.807, 2.05) is 36.4 Å². The van der Waals surface area contributed by atoms with Crippen LogP contribution in [0.3, 0.4) is 0 Å². The van der Waals surface area contributed by atoms with Gasteiger partial charge in [0.25, 0.3) is 5.91 Å². The number of piperidine rings is 1. The zero-order valence-corrected chi connectivity index (χ0v) is 24.4. The first-order valence-electron chi connectivity index (χ1n) is 14.5. The molecule has 3 aromatic carbocycles. The van der Waals surface area contributed by atoms with Gasteiger partial charge in [0.15, 0.2) is 0 Å². The number of nitrogens with zero attached hydrogens (tertiary/aromatic N) is 2. The average molecular weight is 543 g/mol. The molecule has 0 bridgehead atoms. The molecule has 3 aromatic rings. The van der Waals surface area contributed by atoms with Crippen molar-refractivity contribution in [3.8, 4) is 5.75 Å². The fourth-order valence-corrected chi connectivity index (χ4v) is 7.11. The molecule has 1 amide bonds. The highest BCUT2D eigenvalue weighted by molar-refractivity contribution is 5.98. The maximum absolute atomic E-state index is 14.3. The summed E-state index contributed by atoms with van der Waals surface area (Å²) in [7, 11) is 3.83. The molecule has 1 saturated carbocycles. The van der Waals surface area contributed by atoms with Gasteiger partial charge in [-0.25, -0.2) is 0 Å². The minimum Gasteiger partial charge on any atom is -0.497 e. The van der Waals surface area contributed by atoms with Crippen LogP contribution in [0.25, 0.3) is 10.8 Å². The number of carbonyl (C=O) groups is 2. The minimum absolute atomic E-state index is 0.0400. The second-order valence-electron chi connectivity index (χ2n) is 12.2. The van der Waals surface area contributed by atoms with Crippen LogP contribution >= 0.6 is 0 Å². The number of likely N-dealkylation sites (tertiary alicyclic amines) is 1. The number of benzene rings is 3. The van der Waals surface area contributed by atoms with E-state index >= 15 is 0 Å². The highest BCUT2D eigenvalue weighted by Gasteiger charge is 2.54. The summed E-state index contributed by atoms with van der Waals surface area (Å²) in [6.45, 7) is 8.23. The summed E-state index contributed by atoms with van der Waals surface area (Å²) in [4.78, 5) is 31.1. The van der Waals surface area contributed by atoms with Crippen molar-refractivity contribution in [2.45, 2.75) is 57.6 Å². The highest BCUT2D eigenvalue weighted by Crippen LogP contribution is 2.51. The molecule has 1 heterocycles. The van der Waals surface area contributed by atoms with E-state index in [-0.39, 0.29) is 35.4 Å². The fourth-order valence-electron chi connectivity index (χ4n) is 7.11. The van der Waals surface area contributed by atoms with Gasteiger partial charge in [0.2, 0.25) is 0 Å². The van der Waals surface area contributed by atoms with Gasteiger partial charge in [-0.05, 0) is 73.0 Å². The van der Waals surface area contributed by atoms with Crippen LogP contribution in [0.5, 0.6) is 5.75 Å². The lowest BCUT2D eigenvalue weighted by Crippen LogP contribution is -2.62. The first-order valence-corrected chi connectivity index (χ1v) is 14.5. The molecule has 212 valence electrons. The van der Waals surface area contributed by atoms with Crippen molar-refractivity contribution in [2.24, 2.45) is 11.8 Å². The molecule has 40 heavy (non-hydrogen) atoms. The summed E-state index contributed by atoms with van der Waals surface area (Å²) in [5, 5.41) is 2.18. The third-order valence-corrected chi connectivity index (χ3v) is 8.93. The van der Waals surface area contributed by atoms with Crippen molar-refractivity contribution in [1.29, 1.82) is 0 Å². The van der Waals surface area contributed by atoms with Gasteiger partial charge in [0.05, 0.1) is 7.11 Å². The molecule has 2 aliphatic rings. The van der Waals surface area contributed by atoms with E-state index in [1.54, 1.807) is 7.11 Å². The molecule has 0 spiro atoms. The van der Waals surface area contributed by atoms with Gasteiger partial charge in [-0.15, -0.1) is 0 Å². The predicted molar refractivity (Wildman–Crippen MR) is 159 cm³/mol. The van der Waals surface area contributed by atoms with E-state index in [4.69, 9.17) is 9.47 Å². The molecule has 1 saturated heterocycles. The van der Waals surface area contributed by atoms with Crippen LogP contribution in [0, 0.1) is 11.8 Å². The zero-order chi connectivity index (χ0) is 28.4. The Morgan fingerprint density at radius 2 is 1.82 bits per heavy atom. The second kappa shape index (κ2) is 11.6. The first-order chi connectivity index (χ1) is 19.2. The molecule has 1 aliphatic carbocycles. The Bertz CT molecular complexity index is 1370. The number of fused-ring (bicyclic) bond motifs is 2. The van der Waals surface area contributed by atoms with Gasteiger partial charge < -0.3 is 19.3 Å². The Labute approximate surface area is 238 Å². The van der Waals surface area contributed by atoms with E-state index in [0.717, 1.165) is 42.5 Å². The van der Waals surface area contributed by atoms with Crippen molar-refractivity contribution in [2.75, 3.05) is 33.8 Å². The average Bonchev–Trinajstić information content (AvgIpc) is 2.95. The third-order valence-electron chi connectivity index (χ3n) is 8.93. The molecular formula is C34H42N2O4. The zero-order valence-electron chi connectivity index (χ0n) is 24.4. The van der Waals surface area contributed by atoms with Crippen LogP contribution in [0.1, 0.15) is 56.0 Å². The van der Waals surface area contributed by atoms with Gasteiger partial charge in [-0.2, -0.15) is 0 Å². The monoisotopic (exact) mass is 542 g/mol. The maximum Gasteiger partial charge on any atom is 0.302 e. The summed E-state index contributed by atoms with van der Waals surface area (Å²) in [5.74, 6) is 1.00. The van der Waals surface area contributed by atoms with Gasteiger partial charge in [-0.3, -0.25) is 9.59 Å². The predicted octanol–water partition coefficient (Wildman–Crippen LogP) is 5.93. The number of rotatable bonds is 7. The van der Waals surface area contributed by atoms with Crippen LogP contribution in [0.15, 0.2) is 66.7 Å². The van der Waals surface area contributed by atoms with Gasteiger partial charge in [0, 0.05) is 49.4 Å². The summed E-state index contributed by atoms with van der Waals surface area (Å²) in [6.07, 6.45) is 2.09. The molecule has 0 radical (unpaired) electrons. The lowest BCUT2D eigenvalue weighted by atomic mass is 9.56. The maximum atomic E-state index is 14.3. The van der Waals surface area contributed by atoms with E-state index < -0.39 is 0 Å². The number of amides is 1. The fraction of sp³-hybridized carbons (Fsp3) is 0.471. The number of esters is 1. The Balaban J connectivity index is 1.59. The van der Waals surface area contributed by atoms with Crippen molar-refractivity contribution in [3.63, 3.8) is 0 Å². The van der Waals surface area contributed by atoms with Crippen molar-refractivity contribution in [1.82, 2.24) is 9.80 Å². The van der Waals surface area contributed by atoms with Crippen molar-refractivity contribution >= 4 is 22.6 Å². The molecule has 6 nitrogen and oxygen atoms in total. The van der Waals surface area contributed by atoms with E-state index in [2.05, 4.69) is 61.0 Å². The molecule has 0 aromatic heterocycles. The molecule has 5 rings (SSSR count). The Kier molecular flexibility index (Phi) is 8.18. The van der Waals surface area contributed by atoms with Gasteiger partial charge in [-0.1, -0.05) is 56.3 Å². The topological polar surface area (TPSA) is 59.1 Å². The second-order valence-corrected chi connectivity index (χ2v) is 12.2. The van der Waals surface area contributed by atoms with E-state index in [1.165, 1.54) is 12.5 Å². The number of methoxy groups -OCH3 is 1. The van der Waals surface area contributed by atoms with Gasteiger partial charge in [0.1, 0.15) is 11.9 Å². The number of hydrogen-bond donors (Lipinski definition) is 0. The van der Waals surface area contributed by atoms with E-state index in [0.29, 0.717) is 24.4 Å². The summed E-state index contributed by atoms with van der Waals surface area (Å²) >= 11 is 0. The summed E-state index contributed by atoms with van der Waals surface area (Å²) in [6, 6.07) is 22.4. The molecule has 2 fully saturated rings. The lowest BCUT2D eigenvalue weighted by molar-refractivity contribution is -0.158. The minimum atomic E-state index is -0.288. The molecule has 6 heteroatoms. The standard InChI is InChI=1S/C34H42N2O4/c1-23(2)21-36(33(38)27-14-13-25-9-6-7-10-26(25)17-27)29-19-32(40-24(3)37)31-22-35(4)16-15-34(31,20-29)28-11-8-12-30(18-28)39-5/h6-14,17-18,23,29,31-32H,15-16,19-22H2,1-5H3/t29-,31+,32?,34+/m1/s1. The smallest absolute Gasteiger partial charge is 0.302 e. The summed E-state index contributed by atoms with van der Waals surface area (Å²) < 4.78 is 11.7. The lowest BCUT2D eigenvalue weighted by Gasteiger charge is -2.56. The number of ether oxygens (including phenoxy) is 2. The van der Waals surface area contributed by atoms with Gasteiger partial charge >= 0.3 is 5.97 Å². The number of hydrogen-bond acceptors (Lipinski definition) is 5. The number of carbonyl (C=O) groups excluding carboxylic acids is 2. The molecule has 4 atom stereocenters. The third kappa shape index (κ3) is 5.60. The quantitative estimate of drug-likeness (QED) is 0.347. The largest absolute Gasteiger partial charge is 0.497 e.